The number of methoxy groups -OCH3 is 1. The molecule has 10 heavy (non-hydrogen) atoms. The molecule has 0 aromatic carbocycles. The van der Waals surface area contributed by atoms with Crippen molar-refractivity contribution in [2.24, 2.45) is 11.8 Å². The summed E-state index contributed by atoms with van der Waals surface area (Å²) < 4.78 is 5.33. The SMILES string of the molecule is COC1C[C@H](C)C[C@@H](C)C1. The molecule has 0 N–H and O–H groups in total. The minimum absolute atomic E-state index is 0.541. The molecule has 1 aliphatic carbocycles. The highest BCUT2D eigenvalue weighted by atomic mass is 16.5. The highest BCUT2D eigenvalue weighted by molar-refractivity contribution is 4.74. The second-order valence-electron chi connectivity index (χ2n) is 3.78. The fraction of sp³-hybridized carbons (Fsp3) is 1.00. The van der Waals surface area contributed by atoms with E-state index in [1.54, 1.807) is 0 Å². The van der Waals surface area contributed by atoms with Gasteiger partial charge >= 0.3 is 0 Å². The summed E-state index contributed by atoms with van der Waals surface area (Å²) in [5.74, 6) is 1.74. The lowest BCUT2D eigenvalue weighted by molar-refractivity contribution is 0.0355. The van der Waals surface area contributed by atoms with Gasteiger partial charge in [-0.2, -0.15) is 0 Å². The van der Waals surface area contributed by atoms with Gasteiger partial charge in [-0.15, -0.1) is 0 Å². The van der Waals surface area contributed by atoms with E-state index in [0.29, 0.717) is 6.10 Å². The van der Waals surface area contributed by atoms with Gasteiger partial charge in [-0.05, 0) is 31.1 Å². The van der Waals surface area contributed by atoms with Gasteiger partial charge in [0.25, 0.3) is 0 Å². The van der Waals surface area contributed by atoms with E-state index in [1.165, 1.54) is 19.3 Å². The average molecular weight is 142 g/mol. The Kier molecular flexibility index (Phi) is 2.72. The van der Waals surface area contributed by atoms with Gasteiger partial charge in [-0.1, -0.05) is 13.8 Å². The Hall–Kier alpha value is -0.0400. The van der Waals surface area contributed by atoms with Gasteiger partial charge < -0.3 is 4.74 Å². The molecule has 1 saturated carbocycles. The maximum Gasteiger partial charge on any atom is 0.0576 e. The Morgan fingerprint density at radius 3 is 1.90 bits per heavy atom. The number of hydrogen-bond donors (Lipinski definition) is 0. The van der Waals surface area contributed by atoms with Gasteiger partial charge in [0.15, 0.2) is 0 Å². The predicted molar refractivity (Wildman–Crippen MR) is 43.0 cm³/mol. The van der Waals surface area contributed by atoms with Gasteiger partial charge in [-0.25, -0.2) is 0 Å². The molecule has 60 valence electrons. The second kappa shape index (κ2) is 3.38. The summed E-state index contributed by atoms with van der Waals surface area (Å²) in [6, 6.07) is 0. The van der Waals surface area contributed by atoms with Crippen LogP contribution in [-0.4, -0.2) is 13.2 Å². The molecule has 1 aliphatic rings. The van der Waals surface area contributed by atoms with Gasteiger partial charge in [-0.3, -0.25) is 0 Å². The van der Waals surface area contributed by atoms with Crippen molar-refractivity contribution in [3.8, 4) is 0 Å². The third-order valence-corrected chi connectivity index (χ3v) is 2.47. The molecule has 1 nitrogen and oxygen atoms in total. The smallest absolute Gasteiger partial charge is 0.0576 e. The van der Waals surface area contributed by atoms with E-state index in [4.69, 9.17) is 4.74 Å². The zero-order valence-corrected chi connectivity index (χ0v) is 7.26. The first kappa shape index (κ1) is 8.06. The summed E-state index contributed by atoms with van der Waals surface area (Å²) in [6.07, 6.45) is 4.46. The molecule has 0 aliphatic heterocycles. The zero-order chi connectivity index (χ0) is 7.56. The largest absolute Gasteiger partial charge is 0.381 e. The number of hydrogen-bond acceptors (Lipinski definition) is 1. The van der Waals surface area contributed by atoms with Crippen LogP contribution in [0.25, 0.3) is 0 Å². The van der Waals surface area contributed by atoms with E-state index in [-0.39, 0.29) is 0 Å². The van der Waals surface area contributed by atoms with Crippen molar-refractivity contribution in [2.75, 3.05) is 7.11 Å². The summed E-state index contributed by atoms with van der Waals surface area (Å²) in [5, 5.41) is 0. The highest BCUT2D eigenvalue weighted by Crippen LogP contribution is 2.29. The van der Waals surface area contributed by atoms with Crippen LogP contribution in [0, 0.1) is 11.8 Å². The normalized spacial score (nSPS) is 41.7. The third-order valence-electron chi connectivity index (χ3n) is 2.47. The first-order valence-corrected chi connectivity index (χ1v) is 4.25. The summed E-state index contributed by atoms with van der Waals surface area (Å²) in [4.78, 5) is 0. The van der Waals surface area contributed by atoms with Crippen LogP contribution < -0.4 is 0 Å². The number of rotatable bonds is 1. The van der Waals surface area contributed by atoms with E-state index in [0.717, 1.165) is 11.8 Å². The first-order valence-electron chi connectivity index (χ1n) is 4.25. The summed E-state index contributed by atoms with van der Waals surface area (Å²) >= 11 is 0. The predicted octanol–water partition coefficient (Wildman–Crippen LogP) is 2.46. The van der Waals surface area contributed by atoms with E-state index < -0.39 is 0 Å². The molecule has 0 unspecified atom stereocenters. The molecule has 0 aromatic rings. The van der Waals surface area contributed by atoms with Crippen molar-refractivity contribution < 1.29 is 4.74 Å². The molecule has 0 bridgehead atoms. The Bertz CT molecular complexity index is 90.9. The van der Waals surface area contributed by atoms with Crippen LogP contribution in [0.4, 0.5) is 0 Å². The molecular formula is C9H18O. The van der Waals surface area contributed by atoms with Crippen LogP contribution >= 0.6 is 0 Å². The van der Waals surface area contributed by atoms with Crippen molar-refractivity contribution in [3.05, 3.63) is 0 Å². The average Bonchev–Trinajstić information content (AvgIpc) is 1.85. The van der Waals surface area contributed by atoms with Crippen LogP contribution in [0.2, 0.25) is 0 Å². The minimum Gasteiger partial charge on any atom is -0.381 e. The van der Waals surface area contributed by atoms with Gasteiger partial charge in [0.05, 0.1) is 6.10 Å². The molecular weight excluding hydrogens is 124 g/mol. The zero-order valence-electron chi connectivity index (χ0n) is 7.26. The van der Waals surface area contributed by atoms with E-state index in [9.17, 15) is 0 Å². The van der Waals surface area contributed by atoms with Crippen molar-refractivity contribution in [2.45, 2.75) is 39.2 Å². The Morgan fingerprint density at radius 2 is 1.50 bits per heavy atom. The maximum atomic E-state index is 5.33. The fourth-order valence-electron chi connectivity index (χ4n) is 2.07. The minimum atomic E-state index is 0.541. The molecule has 0 radical (unpaired) electrons. The standard InChI is InChI=1S/C9H18O/c1-7-4-8(2)6-9(5-7)10-3/h7-9H,4-6H2,1-3H3/t7-,8-/m1/s1. The molecule has 2 atom stereocenters. The molecule has 0 aromatic heterocycles. The van der Waals surface area contributed by atoms with E-state index >= 15 is 0 Å². The Morgan fingerprint density at radius 1 is 1.00 bits per heavy atom. The monoisotopic (exact) mass is 142 g/mol. The maximum absolute atomic E-state index is 5.33. The summed E-state index contributed by atoms with van der Waals surface area (Å²) in [6.45, 7) is 4.64. The number of ether oxygens (including phenoxy) is 1. The lowest BCUT2D eigenvalue weighted by atomic mass is 9.82. The molecule has 0 heterocycles. The van der Waals surface area contributed by atoms with Gasteiger partial charge in [0.2, 0.25) is 0 Å². The summed E-state index contributed by atoms with van der Waals surface area (Å²) in [5.41, 5.74) is 0. The lowest BCUT2D eigenvalue weighted by Crippen LogP contribution is -2.24. The quantitative estimate of drug-likeness (QED) is 0.546. The Labute approximate surface area is 63.8 Å². The van der Waals surface area contributed by atoms with Crippen LogP contribution in [0.1, 0.15) is 33.1 Å². The topological polar surface area (TPSA) is 9.23 Å². The highest BCUT2D eigenvalue weighted by Gasteiger charge is 2.22. The molecule has 0 amide bonds. The van der Waals surface area contributed by atoms with Crippen molar-refractivity contribution in [1.29, 1.82) is 0 Å². The third kappa shape index (κ3) is 1.98. The van der Waals surface area contributed by atoms with Gasteiger partial charge in [0.1, 0.15) is 0 Å². The van der Waals surface area contributed by atoms with Crippen LogP contribution in [0.5, 0.6) is 0 Å². The molecule has 1 heteroatoms. The molecule has 1 fully saturated rings. The summed E-state index contributed by atoms with van der Waals surface area (Å²) in [7, 11) is 1.83. The van der Waals surface area contributed by atoms with Crippen molar-refractivity contribution in [1.82, 2.24) is 0 Å². The molecule has 0 spiro atoms. The lowest BCUT2D eigenvalue weighted by Gasteiger charge is -2.30. The van der Waals surface area contributed by atoms with Crippen molar-refractivity contribution in [3.63, 3.8) is 0 Å². The van der Waals surface area contributed by atoms with E-state index in [2.05, 4.69) is 13.8 Å². The molecule has 1 rings (SSSR count). The Balaban J connectivity index is 2.35. The van der Waals surface area contributed by atoms with E-state index in [1.807, 2.05) is 7.11 Å². The molecule has 0 saturated heterocycles. The fourth-order valence-corrected chi connectivity index (χ4v) is 2.07. The van der Waals surface area contributed by atoms with Crippen LogP contribution in [-0.2, 0) is 4.74 Å². The second-order valence-corrected chi connectivity index (χ2v) is 3.78. The van der Waals surface area contributed by atoms with Crippen LogP contribution in [0.15, 0.2) is 0 Å². The van der Waals surface area contributed by atoms with Gasteiger partial charge in [0, 0.05) is 7.11 Å². The van der Waals surface area contributed by atoms with Crippen molar-refractivity contribution >= 4 is 0 Å². The first-order chi connectivity index (χ1) is 4.72. The van der Waals surface area contributed by atoms with Crippen LogP contribution in [0.3, 0.4) is 0 Å².